The van der Waals surface area contributed by atoms with E-state index >= 15 is 0 Å². The molecule has 1 fully saturated rings. The van der Waals surface area contributed by atoms with Crippen molar-refractivity contribution < 1.29 is 9.47 Å². The van der Waals surface area contributed by atoms with Gasteiger partial charge in [-0.15, -0.1) is 0 Å². The SMILES string of the molecule is CCCC1CCC(CN)(CCOCCOC)CC1. The zero-order chi connectivity index (χ0) is 13.3. The first-order valence-electron chi connectivity index (χ1n) is 7.53. The molecule has 108 valence electrons. The van der Waals surface area contributed by atoms with Crippen LogP contribution in [0.15, 0.2) is 0 Å². The molecule has 0 aromatic carbocycles. The van der Waals surface area contributed by atoms with E-state index in [1.54, 1.807) is 7.11 Å². The average Bonchev–Trinajstić information content (AvgIpc) is 2.41. The first-order valence-corrected chi connectivity index (χ1v) is 7.53. The minimum Gasteiger partial charge on any atom is -0.382 e. The number of methoxy groups -OCH3 is 1. The van der Waals surface area contributed by atoms with Crippen molar-refractivity contribution in [1.82, 2.24) is 0 Å². The molecule has 0 atom stereocenters. The Hall–Kier alpha value is -0.120. The fraction of sp³-hybridized carbons (Fsp3) is 1.00. The third-order valence-corrected chi connectivity index (χ3v) is 4.50. The summed E-state index contributed by atoms with van der Waals surface area (Å²) in [4.78, 5) is 0. The minimum atomic E-state index is 0.358. The number of hydrogen-bond acceptors (Lipinski definition) is 3. The number of hydrogen-bond donors (Lipinski definition) is 1. The lowest BCUT2D eigenvalue weighted by Gasteiger charge is -2.39. The Balaban J connectivity index is 2.23. The smallest absolute Gasteiger partial charge is 0.0700 e. The molecule has 0 unspecified atom stereocenters. The van der Waals surface area contributed by atoms with Gasteiger partial charge in [-0.05, 0) is 50.0 Å². The van der Waals surface area contributed by atoms with E-state index in [-0.39, 0.29) is 0 Å². The standard InChI is InChI=1S/C15H31NO2/c1-3-4-14-5-7-15(13-16,8-6-14)9-10-18-12-11-17-2/h14H,3-13,16H2,1-2H3. The largest absolute Gasteiger partial charge is 0.382 e. The Bertz CT molecular complexity index is 201. The van der Waals surface area contributed by atoms with Gasteiger partial charge in [-0.25, -0.2) is 0 Å². The lowest BCUT2D eigenvalue weighted by molar-refractivity contribution is 0.0384. The van der Waals surface area contributed by atoms with E-state index in [4.69, 9.17) is 15.2 Å². The highest BCUT2D eigenvalue weighted by atomic mass is 16.5. The fourth-order valence-corrected chi connectivity index (χ4v) is 3.08. The van der Waals surface area contributed by atoms with Crippen LogP contribution in [0.3, 0.4) is 0 Å². The van der Waals surface area contributed by atoms with Crippen molar-refractivity contribution >= 4 is 0 Å². The lowest BCUT2D eigenvalue weighted by Crippen LogP contribution is -2.36. The van der Waals surface area contributed by atoms with Crippen molar-refractivity contribution in [3.63, 3.8) is 0 Å². The van der Waals surface area contributed by atoms with E-state index in [0.717, 1.165) is 25.5 Å². The van der Waals surface area contributed by atoms with Gasteiger partial charge < -0.3 is 15.2 Å². The summed E-state index contributed by atoms with van der Waals surface area (Å²) in [6, 6.07) is 0. The highest BCUT2D eigenvalue weighted by molar-refractivity contribution is 4.86. The Morgan fingerprint density at radius 1 is 1.17 bits per heavy atom. The van der Waals surface area contributed by atoms with E-state index in [9.17, 15) is 0 Å². The summed E-state index contributed by atoms with van der Waals surface area (Å²) in [6.07, 6.45) is 9.15. The molecule has 0 saturated heterocycles. The molecular formula is C15H31NO2. The summed E-state index contributed by atoms with van der Waals surface area (Å²) in [6.45, 7) is 5.33. The molecule has 1 aliphatic carbocycles. The summed E-state index contributed by atoms with van der Waals surface area (Å²) in [7, 11) is 1.71. The second kappa shape index (κ2) is 8.89. The van der Waals surface area contributed by atoms with E-state index in [1.807, 2.05) is 0 Å². The highest BCUT2D eigenvalue weighted by Gasteiger charge is 2.33. The van der Waals surface area contributed by atoms with Crippen LogP contribution in [-0.2, 0) is 9.47 Å². The molecule has 0 aliphatic heterocycles. The maximum atomic E-state index is 6.02. The van der Waals surface area contributed by atoms with Gasteiger partial charge in [0, 0.05) is 13.7 Å². The summed E-state index contributed by atoms with van der Waals surface area (Å²) < 4.78 is 10.6. The molecule has 0 spiro atoms. The first kappa shape index (κ1) is 15.9. The molecule has 18 heavy (non-hydrogen) atoms. The maximum absolute atomic E-state index is 6.02. The Labute approximate surface area is 112 Å². The van der Waals surface area contributed by atoms with Crippen molar-refractivity contribution in [1.29, 1.82) is 0 Å². The molecule has 0 aromatic heterocycles. The van der Waals surface area contributed by atoms with Gasteiger partial charge in [-0.1, -0.05) is 19.8 Å². The topological polar surface area (TPSA) is 44.5 Å². The quantitative estimate of drug-likeness (QED) is 0.646. The predicted molar refractivity (Wildman–Crippen MR) is 75.7 cm³/mol. The molecule has 3 heteroatoms. The normalized spacial score (nSPS) is 28.5. The first-order chi connectivity index (χ1) is 8.76. The Morgan fingerprint density at radius 3 is 2.44 bits per heavy atom. The van der Waals surface area contributed by atoms with Crippen molar-refractivity contribution in [3.8, 4) is 0 Å². The molecule has 0 aromatic rings. The Morgan fingerprint density at radius 2 is 1.89 bits per heavy atom. The van der Waals surface area contributed by atoms with Crippen LogP contribution in [0.1, 0.15) is 51.9 Å². The maximum Gasteiger partial charge on any atom is 0.0700 e. The molecule has 3 nitrogen and oxygen atoms in total. The van der Waals surface area contributed by atoms with Crippen LogP contribution in [0.5, 0.6) is 0 Å². The highest BCUT2D eigenvalue weighted by Crippen LogP contribution is 2.42. The number of rotatable bonds is 9. The summed E-state index contributed by atoms with van der Waals surface area (Å²) in [5, 5.41) is 0. The average molecular weight is 257 g/mol. The van der Waals surface area contributed by atoms with E-state index in [0.29, 0.717) is 18.6 Å². The van der Waals surface area contributed by atoms with Crippen molar-refractivity contribution in [3.05, 3.63) is 0 Å². The van der Waals surface area contributed by atoms with E-state index < -0.39 is 0 Å². The van der Waals surface area contributed by atoms with Gasteiger partial charge in [-0.2, -0.15) is 0 Å². The summed E-state index contributed by atoms with van der Waals surface area (Å²) >= 11 is 0. The van der Waals surface area contributed by atoms with Crippen molar-refractivity contribution in [2.24, 2.45) is 17.1 Å². The molecule has 0 bridgehead atoms. The van der Waals surface area contributed by atoms with E-state index in [2.05, 4.69) is 6.92 Å². The molecule has 0 heterocycles. The van der Waals surface area contributed by atoms with E-state index in [1.165, 1.54) is 38.5 Å². The van der Waals surface area contributed by atoms with Crippen LogP contribution >= 0.6 is 0 Å². The lowest BCUT2D eigenvalue weighted by atomic mass is 9.68. The van der Waals surface area contributed by atoms with Gasteiger partial charge in [0.1, 0.15) is 0 Å². The molecule has 1 rings (SSSR count). The third kappa shape index (κ3) is 5.25. The van der Waals surface area contributed by atoms with Crippen LogP contribution in [0.25, 0.3) is 0 Å². The van der Waals surface area contributed by atoms with Crippen molar-refractivity contribution in [2.75, 3.05) is 33.5 Å². The zero-order valence-electron chi connectivity index (χ0n) is 12.2. The molecule has 0 radical (unpaired) electrons. The van der Waals surface area contributed by atoms with Gasteiger partial charge >= 0.3 is 0 Å². The van der Waals surface area contributed by atoms with Gasteiger partial charge in [0.05, 0.1) is 13.2 Å². The monoisotopic (exact) mass is 257 g/mol. The van der Waals surface area contributed by atoms with Crippen molar-refractivity contribution in [2.45, 2.75) is 51.9 Å². The molecule has 1 aliphatic rings. The number of ether oxygens (including phenoxy) is 2. The zero-order valence-corrected chi connectivity index (χ0v) is 12.2. The van der Waals surface area contributed by atoms with Crippen LogP contribution in [0.2, 0.25) is 0 Å². The second-order valence-corrected chi connectivity index (χ2v) is 5.79. The summed E-state index contributed by atoms with van der Waals surface area (Å²) in [5.74, 6) is 0.948. The molecule has 0 amide bonds. The van der Waals surface area contributed by atoms with Gasteiger partial charge in [-0.3, -0.25) is 0 Å². The Kier molecular flexibility index (Phi) is 7.87. The molecule has 1 saturated carbocycles. The van der Waals surface area contributed by atoms with Gasteiger partial charge in [0.25, 0.3) is 0 Å². The van der Waals surface area contributed by atoms with Gasteiger partial charge in [0.15, 0.2) is 0 Å². The third-order valence-electron chi connectivity index (χ3n) is 4.50. The molecule has 2 N–H and O–H groups in total. The van der Waals surface area contributed by atoms with Crippen LogP contribution < -0.4 is 5.73 Å². The fourth-order valence-electron chi connectivity index (χ4n) is 3.08. The van der Waals surface area contributed by atoms with Gasteiger partial charge in [0.2, 0.25) is 0 Å². The minimum absolute atomic E-state index is 0.358. The number of nitrogens with two attached hydrogens (primary N) is 1. The second-order valence-electron chi connectivity index (χ2n) is 5.79. The molecular weight excluding hydrogens is 226 g/mol. The van der Waals surface area contributed by atoms with Crippen LogP contribution in [0, 0.1) is 11.3 Å². The predicted octanol–water partition coefficient (Wildman–Crippen LogP) is 2.97. The van der Waals surface area contributed by atoms with Crippen LogP contribution in [-0.4, -0.2) is 33.5 Å². The van der Waals surface area contributed by atoms with Crippen LogP contribution in [0.4, 0.5) is 0 Å². The summed E-state index contributed by atoms with van der Waals surface area (Å²) in [5.41, 5.74) is 6.38.